The highest BCUT2D eigenvalue weighted by molar-refractivity contribution is 7.99. The Labute approximate surface area is 157 Å². The molecule has 0 radical (unpaired) electrons. The number of amides is 1. The molecular formula is C20H22FNO3S. The lowest BCUT2D eigenvalue weighted by atomic mass is 10.1. The fourth-order valence-electron chi connectivity index (χ4n) is 3.11. The maximum atomic E-state index is 14.1. The fourth-order valence-corrected chi connectivity index (χ4v) is 4.36. The van der Waals surface area contributed by atoms with Gasteiger partial charge in [-0.15, -0.1) is 0 Å². The minimum Gasteiger partial charge on any atom is -0.493 e. The van der Waals surface area contributed by atoms with Crippen LogP contribution in [0.4, 0.5) is 4.39 Å². The van der Waals surface area contributed by atoms with Crippen LogP contribution in [-0.4, -0.2) is 43.9 Å². The van der Waals surface area contributed by atoms with Crippen molar-refractivity contribution in [3.63, 3.8) is 0 Å². The summed E-state index contributed by atoms with van der Waals surface area (Å²) in [5, 5.41) is 0.0689. The van der Waals surface area contributed by atoms with Gasteiger partial charge < -0.3 is 14.4 Å². The van der Waals surface area contributed by atoms with Crippen LogP contribution < -0.4 is 9.47 Å². The molecular weight excluding hydrogens is 353 g/mol. The van der Waals surface area contributed by atoms with Gasteiger partial charge >= 0.3 is 0 Å². The van der Waals surface area contributed by atoms with E-state index in [4.69, 9.17) is 9.47 Å². The van der Waals surface area contributed by atoms with E-state index in [9.17, 15) is 9.18 Å². The first kappa shape index (κ1) is 18.6. The van der Waals surface area contributed by atoms with Crippen molar-refractivity contribution in [2.75, 3.05) is 33.1 Å². The molecule has 1 saturated heterocycles. The van der Waals surface area contributed by atoms with Crippen molar-refractivity contribution < 1.29 is 18.7 Å². The van der Waals surface area contributed by atoms with Gasteiger partial charge in [-0.25, -0.2) is 4.39 Å². The van der Waals surface area contributed by atoms with Crippen molar-refractivity contribution in [3.05, 3.63) is 59.4 Å². The summed E-state index contributed by atoms with van der Waals surface area (Å²) in [6, 6.07) is 12.1. The zero-order valence-electron chi connectivity index (χ0n) is 14.9. The Kier molecular flexibility index (Phi) is 6.04. The van der Waals surface area contributed by atoms with E-state index in [2.05, 4.69) is 0 Å². The second-order valence-corrected chi connectivity index (χ2v) is 7.34. The largest absolute Gasteiger partial charge is 0.493 e. The highest BCUT2D eigenvalue weighted by Crippen LogP contribution is 2.36. The molecule has 4 nitrogen and oxygen atoms in total. The van der Waals surface area contributed by atoms with Gasteiger partial charge in [-0.05, 0) is 30.7 Å². The first-order chi connectivity index (χ1) is 12.6. The molecule has 1 atom stereocenters. The fraction of sp³-hybridized carbons (Fsp3) is 0.350. The smallest absolute Gasteiger partial charge is 0.254 e. The van der Waals surface area contributed by atoms with Crippen molar-refractivity contribution in [2.24, 2.45) is 0 Å². The highest BCUT2D eigenvalue weighted by Gasteiger charge is 2.25. The molecule has 2 aromatic carbocycles. The number of halogens is 1. The summed E-state index contributed by atoms with van der Waals surface area (Å²) in [5.41, 5.74) is 1.29. The predicted octanol–water partition coefficient (Wildman–Crippen LogP) is 4.16. The van der Waals surface area contributed by atoms with Crippen LogP contribution in [0.5, 0.6) is 11.5 Å². The van der Waals surface area contributed by atoms with E-state index in [1.807, 2.05) is 17.0 Å². The summed E-state index contributed by atoms with van der Waals surface area (Å²) in [5.74, 6) is 1.69. The Morgan fingerprint density at radius 2 is 1.88 bits per heavy atom. The number of carbonyl (C=O) groups excluding carboxylic acids is 1. The topological polar surface area (TPSA) is 38.8 Å². The lowest BCUT2D eigenvalue weighted by Crippen LogP contribution is -2.33. The lowest BCUT2D eigenvalue weighted by Gasteiger charge is -2.21. The minimum atomic E-state index is -0.176. The van der Waals surface area contributed by atoms with Gasteiger partial charge in [0.15, 0.2) is 11.5 Å². The SMILES string of the molecule is COc1ccc(C(=O)N2CCSC(c3ccccc3F)CC2)cc1OC. The molecule has 1 heterocycles. The van der Waals surface area contributed by atoms with Gasteiger partial charge in [-0.3, -0.25) is 4.79 Å². The van der Waals surface area contributed by atoms with Crippen LogP contribution in [0, 0.1) is 5.82 Å². The maximum Gasteiger partial charge on any atom is 0.254 e. The molecule has 1 aliphatic heterocycles. The molecule has 0 aromatic heterocycles. The number of ether oxygens (including phenoxy) is 2. The van der Waals surface area contributed by atoms with Crippen LogP contribution in [0.2, 0.25) is 0 Å². The number of carbonyl (C=O) groups is 1. The zero-order chi connectivity index (χ0) is 18.5. The van der Waals surface area contributed by atoms with Crippen molar-refractivity contribution >= 4 is 17.7 Å². The Hall–Kier alpha value is -2.21. The molecule has 0 aliphatic carbocycles. The summed E-state index contributed by atoms with van der Waals surface area (Å²) in [6.07, 6.45) is 0.727. The van der Waals surface area contributed by atoms with Gasteiger partial charge in [-0.1, -0.05) is 18.2 Å². The number of hydrogen-bond acceptors (Lipinski definition) is 4. The number of thioether (sulfide) groups is 1. The summed E-state index contributed by atoms with van der Waals surface area (Å²) in [4.78, 5) is 14.7. The van der Waals surface area contributed by atoms with Gasteiger partial charge in [-0.2, -0.15) is 11.8 Å². The van der Waals surface area contributed by atoms with Crippen LogP contribution in [0.3, 0.4) is 0 Å². The molecule has 2 aromatic rings. The van der Waals surface area contributed by atoms with Crippen molar-refractivity contribution in [3.8, 4) is 11.5 Å². The Morgan fingerprint density at radius 1 is 1.12 bits per heavy atom. The minimum absolute atomic E-state index is 0.0410. The molecule has 0 N–H and O–H groups in total. The lowest BCUT2D eigenvalue weighted by molar-refractivity contribution is 0.0766. The number of hydrogen-bond donors (Lipinski definition) is 0. The van der Waals surface area contributed by atoms with Gasteiger partial charge in [0.2, 0.25) is 0 Å². The van der Waals surface area contributed by atoms with Crippen molar-refractivity contribution in [1.29, 1.82) is 0 Å². The highest BCUT2D eigenvalue weighted by atomic mass is 32.2. The standard InChI is InChI=1S/C20H22FNO3S/c1-24-17-8-7-14(13-18(17)25-2)20(23)22-10-9-19(26-12-11-22)15-5-3-4-6-16(15)21/h3-8,13,19H,9-12H2,1-2H3. The maximum absolute atomic E-state index is 14.1. The molecule has 1 unspecified atom stereocenters. The molecule has 0 saturated carbocycles. The predicted molar refractivity (Wildman–Crippen MR) is 102 cm³/mol. The van der Waals surface area contributed by atoms with Crippen LogP contribution >= 0.6 is 11.8 Å². The number of nitrogens with zero attached hydrogens (tertiary/aromatic N) is 1. The molecule has 0 spiro atoms. The number of methoxy groups -OCH3 is 2. The third kappa shape index (κ3) is 3.96. The van der Waals surface area contributed by atoms with Crippen molar-refractivity contribution in [2.45, 2.75) is 11.7 Å². The molecule has 3 rings (SSSR count). The third-order valence-corrected chi connectivity index (χ3v) is 5.82. The first-order valence-corrected chi connectivity index (χ1v) is 9.56. The average Bonchev–Trinajstić information content (AvgIpc) is 2.93. The van der Waals surface area contributed by atoms with Crippen molar-refractivity contribution in [1.82, 2.24) is 4.90 Å². The van der Waals surface area contributed by atoms with E-state index in [0.717, 1.165) is 17.7 Å². The Balaban J connectivity index is 1.73. The monoisotopic (exact) mass is 375 g/mol. The molecule has 6 heteroatoms. The average molecular weight is 375 g/mol. The Morgan fingerprint density at radius 3 is 2.62 bits per heavy atom. The summed E-state index contributed by atoms with van der Waals surface area (Å²) in [7, 11) is 3.11. The van der Waals surface area contributed by atoms with Crippen LogP contribution in [-0.2, 0) is 0 Å². The number of rotatable bonds is 4. The zero-order valence-corrected chi connectivity index (χ0v) is 15.7. The third-order valence-electron chi connectivity index (χ3n) is 4.51. The van der Waals surface area contributed by atoms with E-state index in [1.54, 1.807) is 50.2 Å². The van der Waals surface area contributed by atoms with E-state index in [0.29, 0.717) is 30.2 Å². The summed E-state index contributed by atoms with van der Waals surface area (Å²) < 4.78 is 24.6. The molecule has 26 heavy (non-hydrogen) atoms. The van der Waals surface area contributed by atoms with E-state index >= 15 is 0 Å². The van der Waals surface area contributed by atoms with E-state index in [-0.39, 0.29) is 17.0 Å². The van der Waals surface area contributed by atoms with Crippen LogP contribution in [0.25, 0.3) is 0 Å². The van der Waals surface area contributed by atoms with Gasteiger partial charge in [0.05, 0.1) is 14.2 Å². The number of benzene rings is 2. The second kappa shape index (κ2) is 8.45. The van der Waals surface area contributed by atoms with Crippen LogP contribution in [0.15, 0.2) is 42.5 Å². The molecule has 0 bridgehead atoms. The quantitative estimate of drug-likeness (QED) is 0.804. The van der Waals surface area contributed by atoms with Gasteiger partial charge in [0.25, 0.3) is 5.91 Å². The first-order valence-electron chi connectivity index (χ1n) is 8.51. The molecule has 1 aliphatic rings. The molecule has 1 amide bonds. The van der Waals surface area contributed by atoms with Crippen LogP contribution in [0.1, 0.15) is 27.6 Å². The van der Waals surface area contributed by atoms with Gasteiger partial charge in [0.1, 0.15) is 5.82 Å². The molecule has 1 fully saturated rings. The Bertz CT molecular complexity index is 783. The van der Waals surface area contributed by atoms with Gasteiger partial charge in [0, 0.05) is 35.2 Å². The van der Waals surface area contributed by atoms with E-state index in [1.165, 1.54) is 6.07 Å². The summed E-state index contributed by atoms with van der Waals surface area (Å²) in [6.45, 7) is 1.24. The normalized spacial score (nSPS) is 17.5. The van der Waals surface area contributed by atoms with E-state index < -0.39 is 0 Å². The second-order valence-electron chi connectivity index (χ2n) is 6.03. The molecule has 138 valence electrons. The summed E-state index contributed by atoms with van der Waals surface area (Å²) >= 11 is 1.70.